The number of rotatable bonds is 1. The Hall–Kier alpha value is -1.20. The van der Waals surface area contributed by atoms with Gasteiger partial charge in [0.2, 0.25) is 0 Å². The van der Waals surface area contributed by atoms with Crippen molar-refractivity contribution in [1.82, 2.24) is 10.2 Å². The minimum absolute atomic E-state index is 0.0000638. The van der Waals surface area contributed by atoms with Crippen LogP contribution in [0.2, 0.25) is 0 Å². The zero-order chi connectivity index (χ0) is 15.7. The number of allylic oxidation sites excluding steroid dienone is 3. The monoisotopic (exact) mass is 334 g/mol. The average molecular weight is 335 g/mol. The van der Waals surface area contributed by atoms with Crippen molar-refractivity contribution in [2.24, 2.45) is 5.41 Å². The smallest absolute Gasteiger partial charge is 0.321 e. The van der Waals surface area contributed by atoms with Gasteiger partial charge in [-0.2, -0.15) is 0 Å². The molecule has 0 radical (unpaired) electrons. The van der Waals surface area contributed by atoms with Gasteiger partial charge >= 0.3 is 6.03 Å². The van der Waals surface area contributed by atoms with Crippen molar-refractivity contribution in [2.45, 2.75) is 26.2 Å². The third kappa shape index (κ3) is 2.84. The van der Waals surface area contributed by atoms with Crippen molar-refractivity contribution in [2.75, 3.05) is 19.3 Å². The Labute approximate surface area is 140 Å². The Morgan fingerprint density at radius 3 is 2.95 bits per heavy atom. The molecule has 1 aliphatic heterocycles. The molecule has 0 bridgehead atoms. The van der Waals surface area contributed by atoms with Crippen LogP contribution in [-0.4, -0.2) is 30.3 Å². The number of amides is 2. The van der Waals surface area contributed by atoms with Gasteiger partial charge in [-0.15, -0.1) is 23.1 Å². The van der Waals surface area contributed by atoms with E-state index in [1.807, 2.05) is 16.7 Å². The molecule has 0 saturated carbocycles. The molecule has 3 nitrogen and oxygen atoms in total. The van der Waals surface area contributed by atoms with Crippen molar-refractivity contribution >= 4 is 29.1 Å². The number of hydrogen-bond acceptors (Lipinski definition) is 3. The van der Waals surface area contributed by atoms with Crippen LogP contribution in [-0.2, 0) is 0 Å². The molecule has 118 valence electrons. The molecule has 1 atom stereocenters. The van der Waals surface area contributed by atoms with Crippen molar-refractivity contribution in [3.8, 4) is 0 Å². The Kier molecular flexibility index (Phi) is 4.37. The Balaban J connectivity index is 2.00. The molecule has 0 saturated heterocycles. The number of urea groups is 1. The molecule has 1 N–H and O–H groups in total. The lowest BCUT2D eigenvalue weighted by Gasteiger charge is -2.38. The molecule has 2 amide bonds. The van der Waals surface area contributed by atoms with Crippen LogP contribution in [0.4, 0.5) is 4.79 Å². The first-order chi connectivity index (χ1) is 10.5. The molecule has 1 unspecified atom stereocenters. The van der Waals surface area contributed by atoms with Crippen molar-refractivity contribution in [1.29, 1.82) is 0 Å². The van der Waals surface area contributed by atoms with Crippen LogP contribution in [0.25, 0.3) is 0 Å². The van der Waals surface area contributed by atoms with E-state index in [1.54, 1.807) is 18.4 Å². The molecule has 0 aromatic carbocycles. The van der Waals surface area contributed by atoms with Gasteiger partial charge in [-0.25, -0.2) is 4.79 Å². The fraction of sp³-hybridized carbons (Fsp3) is 0.471. The molecular formula is C17H22N2OS2. The van der Waals surface area contributed by atoms with Gasteiger partial charge in [0.15, 0.2) is 0 Å². The average Bonchev–Trinajstić information content (AvgIpc) is 2.94. The first-order valence-corrected chi connectivity index (χ1v) is 9.46. The first kappa shape index (κ1) is 15.7. The number of nitrogens with one attached hydrogen (secondary N) is 1. The minimum atomic E-state index is -0.00602. The number of carbonyl (C=O) groups is 1. The summed E-state index contributed by atoms with van der Waals surface area (Å²) in [6.45, 7) is 5.21. The number of carbonyl (C=O) groups excluding carboxylic acids is 1. The van der Waals surface area contributed by atoms with Gasteiger partial charge in [-0.3, -0.25) is 4.90 Å². The summed E-state index contributed by atoms with van der Waals surface area (Å²) in [4.78, 5) is 17.1. The summed E-state index contributed by atoms with van der Waals surface area (Å²) in [6, 6.07) is 4.28. The topological polar surface area (TPSA) is 32.3 Å². The van der Waals surface area contributed by atoms with Gasteiger partial charge in [-0.05, 0) is 17.9 Å². The van der Waals surface area contributed by atoms with Gasteiger partial charge in [0.1, 0.15) is 0 Å². The summed E-state index contributed by atoms with van der Waals surface area (Å²) in [5.74, 6) is 1.41. The zero-order valence-electron chi connectivity index (χ0n) is 13.3. The molecule has 0 fully saturated rings. The maximum atomic E-state index is 12.5. The molecule has 2 aliphatic rings. The van der Waals surface area contributed by atoms with Crippen LogP contribution < -0.4 is 5.32 Å². The zero-order valence-corrected chi connectivity index (χ0v) is 14.9. The molecule has 0 spiro atoms. The highest BCUT2D eigenvalue weighted by atomic mass is 32.2. The van der Waals surface area contributed by atoms with E-state index in [1.165, 1.54) is 15.5 Å². The van der Waals surface area contributed by atoms with E-state index in [0.29, 0.717) is 5.92 Å². The molecule has 3 rings (SSSR count). The third-order valence-corrected chi connectivity index (χ3v) is 6.53. The Morgan fingerprint density at radius 1 is 1.45 bits per heavy atom. The van der Waals surface area contributed by atoms with E-state index < -0.39 is 0 Å². The molecular weight excluding hydrogens is 312 g/mol. The molecule has 1 aromatic heterocycles. The predicted octanol–water partition coefficient (Wildman–Crippen LogP) is 4.42. The fourth-order valence-electron chi connectivity index (χ4n) is 3.15. The van der Waals surface area contributed by atoms with Crippen LogP contribution in [0.15, 0.2) is 40.3 Å². The van der Waals surface area contributed by atoms with E-state index >= 15 is 0 Å². The highest BCUT2D eigenvalue weighted by Gasteiger charge is 2.38. The molecule has 1 aliphatic carbocycles. The van der Waals surface area contributed by atoms with Crippen molar-refractivity contribution in [3.05, 3.63) is 45.1 Å². The third-order valence-electron chi connectivity index (χ3n) is 4.29. The second kappa shape index (κ2) is 6.13. The van der Waals surface area contributed by atoms with Gasteiger partial charge in [0.25, 0.3) is 0 Å². The highest BCUT2D eigenvalue weighted by molar-refractivity contribution is 8.03. The number of hydrogen-bond donors (Lipinski definition) is 1. The van der Waals surface area contributed by atoms with E-state index in [9.17, 15) is 4.79 Å². The summed E-state index contributed by atoms with van der Waals surface area (Å²) >= 11 is 3.67. The maximum Gasteiger partial charge on any atom is 0.321 e. The van der Waals surface area contributed by atoms with Gasteiger partial charge < -0.3 is 5.32 Å². The molecule has 22 heavy (non-hydrogen) atoms. The van der Waals surface area contributed by atoms with Gasteiger partial charge in [0.05, 0.1) is 0 Å². The maximum absolute atomic E-state index is 12.5. The van der Waals surface area contributed by atoms with Crippen LogP contribution in [0.5, 0.6) is 0 Å². The number of thiophene rings is 1. The summed E-state index contributed by atoms with van der Waals surface area (Å²) in [5, 5.41) is 4.94. The molecule has 5 heteroatoms. The van der Waals surface area contributed by atoms with Crippen LogP contribution in [0.3, 0.4) is 0 Å². The first-order valence-electron chi connectivity index (χ1n) is 7.59. The summed E-state index contributed by atoms with van der Waals surface area (Å²) in [7, 11) is 1.71. The standard InChI is InChI=1S/C17H22N2OS2/c1-17(2)8-4-6-14-15(17)19(16(20)18-3)10-12(11-22-14)13-7-5-9-21-13/h4-7,9,12H,8,10-11H2,1-3H3,(H,18,20). The molecule has 1 aromatic rings. The van der Waals surface area contributed by atoms with Crippen molar-refractivity contribution < 1.29 is 4.79 Å². The number of thioether (sulfide) groups is 1. The Bertz CT molecular complexity index is 617. The van der Waals surface area contributed by atoms with E-state index in [2.05, 4.69) is 48.8 Å². The van der Waals surface area contributed by atoms with E-state index in [0.717, 1.165) is 18.7 Å². The summed E-state index contributed by atoms with van der Waals surface area (Å²) in [6.07, 6.45) is 5.40. The lowest BCUT2D eigenvalue weighted by molar-refractivity contribution is 0.196. The lowest BCUT2D eigenvalue weighted by atomic mass is 9.81. The summed E-state index contributed by atoms with van der Waals surface area (Å²) in [5.41, 5.74) is 1.17. The summed E-state index contributed by atoms with van der Waals surface area (Å²) < 4.78 is 0. The van der Waals surface area contributed by atoms with Crippen molar-refractivity contribution in [3.63, 3.8) is 0 Å². The Morgan fingerprint density at radius 2 is 2.27 bits per heavy atom. The minimum Gasteiger partial charge on any atom is -0.341 e. The largest absolute Gasteiger partial charge is 0.341 e. The SMILES string of the molecule is CNC(=O)N1CC(c2cccs2)CSC2=C1C(C)(C)CC=C2. The quantitative estimate of drug-likeness (QED) is 0.824. The normalized spacial score (nSPS) is 24.0. The van der Waals surface area contributed by atoms with Crippen LogP contribution in [0, 0.1) is 5.41 Å². The molecule has 2 heterocycles. The van der Waals surface area contributed by atoms with Crippen LogP contribution >= 0.6 is 23.1 Å². The van der Waals surface area contributed by atoms with Gasteiger partial charge in [-0.1, -0.05) is 32.1 Å². The van der Waals surface area contributed by atoms with Crippen LogP contribution in [0.1, 0.15) is 31.1 Å². The van der Waals surface area contributed by atoms with E-state index in [4.69, 9.17) is 0 Å². The second-order valence-corrected chi connectivity index (χ2v) is 8.43. The predicted molar refractivity (Wildman–Crippen MR) is 95.2 cm³/mol. The lowest BCUT2D eigenvalue weighted by Crippen LogP contribution is -2.44. The highest BCUT2D eigenvalue weighted by Crippen LogP contribution is 2.46. The fourth-order valence-corrected chi connectivity index (χ4v) is 5.46. The van der Waals surface area contributed by atoms with E-state index in [-0.39, 0.29) is 11.4 Å². The second-order valence-electron chi connectivity index (χ2n) is 6.39. The van der Waals surface area contributed by atoms with Gasteiger partial charge in [0, 0.05) is 46.2 Å². The number of nitrogens with zero attached hydrogens (tertiary/aromatic N) is 1.